The number of rotatable bonds is 3. The lowest BCUT2D eigenvalue weighted by atomic mass is 10.1. The number of nitro benzene ring substituents is 1. The van der Waals surface area contributed by atoms with Gasteiger partial charge in [0, 0.05) is 19.7 Å². The fraction of sp³-hybridized carbons (Fsp3) is 0.263. The molecule has 1 heterocycles. The van der Waals surface area contributed by atoms with Crippen LogP contribution < -0.4 is 9.64 Å². The lowest BCUT2D eigenvalue weighted by molar-refractivity contribution is -0.385. The highest BCUT2D eigenvalue weighted by molar-refractivity contribution is 6.10. The van der Waals surface area contributed by atoms with Crippen molar-refractivity contribution in [1.29, 1.82) is 0 Å². The van der Waals surface area contributed by atoms with Crippen molar-refractivity contribution in [2.75, 3.05) is 25.5 Å². The third kappa shape index (κ3) is 3.33. The van der Waals surface area contributed by atoms with E-state index in [1.165, 1.54) is 15.9 Å². The molecule has 1 unspecified atom stereocenters. The zero-order valence-corrected chi connectivity index (χ0v) is 15.2. The van der Waals surface area contributed by atoms with Gasteiger partial charge in [0.1, 0.15) is 11.3 Å². The molecule has 0 radical (unpaired) electrons. The van der Waals surface area contributed by atoms with E-state index in [4.69, 9.17) is 4.74 Å². The van der Waals surface area contributed by atoms with E-state index in [2.05, 4.69) is 0 Å². The van der Waals surface area contributed by atoms with Crippen molar-refractivity contribution in [3.8, 4) is 5.75 Å². The number of anilines is 1. The maximum absolute atomic E-state index is 13.2. The van der Waals surface area contributed by atoms with Crippen molar-refractivity contribution in [2.24, 2.45) is 0 Å². The summed E-state index contributed by atoms with van der Waals surface area (Å²) in [5.74, 6) is -0.452. The van der Waals surface area contributed by atoms with Crippen LogP contribution in [-0.2, 0) is 4.79 Å². The van der Waals surface area contributed by atoms with E-state index in [1.807, 2.05) is 0 Å². The summed E-state index contributed by atoms with van der Waals surface area (Å²) >= 11 is 0. The molecule has 8 heteroatoms. The van der Waals surface area contributed by atoms with Crippen molar-refractivity contribution in [3.05, 3.63) is 63.7 Å². The second-order valence-corrected chi connectivity index (χ2v) is 6.45. The maximum atomic E-state index is 13.2. The quantitative estimate of drug-likeness (QED) is 0.612. The molecule has 0 N–H and O–H groups in total. The second kappa shape index (κ2) is 7.06. The van der Waals surface area contributed by atoms with Crippen LogP contribution in [0.25, 0.3) is 0 Å². The van der Waals surface area contributed by atoms with Gasteiger partial charge in [0.25, 0.3) is 17.5 Å². The molecule has 0 spiro atoms. The van der Waals surface area contributed by atoms with Gasteiger partial charge in [0.2, 0.25) is 0 Å². The van der Waals surface area contributed by atoms with Crippen molar-refractivity contribution in [1.82, 2.24) is 4.90 Å². The molecule has 0 aromatic heterocycles. The molecule has 2 aromatic carbocycles. The van der Waals surface area contributed by atoms with E-state index in [-0.39, 0.29) is 23.7 Å². The summed E-state index contributed by atoms with van der Waals surface area (Å²) in [6.07, 6.45) is -0.886. The minimum atomic E-state index is -0.886. The fourth-order valence-electron chi connectivity index (χ4n) is 3.06. The van der Waals surface area contributed by atoms with Gasteiger partial charge in [-0.15, -0.1) is 0 Å². The number of nitro groups is 1. The molecule has 1 atom stereocenters. The number of likely N-dealkylation sites (N-methyl/N-ethyl adjacent to an activating group) is 1. The van der Waals surface area contributed by atoms with Crippen LogP contribution in [0.5, 0.6) is 5.75 Å². The molecular formula is C19H19N3O5. The monoisotopic (exact) mass is 369 g/mol. The van der Waals surface area contributed by atoms with Crippen LogP contribution in [0.4, 0.5) is 11.4 Å². The first-order chi connectivity index (χ1) is 12.8. The molecule has 1 aliphatic rings. The minimum absolute atomic E-state index is 0.0206. The standard InChI is InChI=1S/C19H19N3O5/c1-12-7-6-8-13(17(12)22(25)26)18(23)21-11-16(19(24)20(2)3)27-15-10-5-4-9-14(15)21/h4-10,16H,11H2,1-3H3. The number of carbonyl (C=O) groups excluding carboxylic acids is 2. The molecule has 0 saturated heterocycles. The Balaban J connectivity index is 2.07. The van der Waals surface area contributed by atoms with Gasteiger partial charge in [-0.2, -0.15) is 0 Å². The summed E-state index contributed by atoms with van der Waals surface area (Å²) < 4.78 is 5.75. The van der Waals surface area contributed by atoms with Crippen molar-refractivity contribution in [2.45, 2.75) is 13.0 Å². The maximum Gasteiger partial charge on any atom is 0.285 e. The summed E-state index contributed by atoms with van der Waals surface area (Å²) in [5.41, 5.74) is 0.615. The zero-order valence-electron chi connectivity index (χ0n) is 15.2. The lowest BCUT2D eigenvalue weighted by Crippen LogP contribution is -2.50. The van der Waals surface area contributed by atoms with Gasteiger partial charge in [-0.05, 0) is 25.1 Å². The second-order valence-electron chi connectivity index (χ2n) is 6.45. The van der Waals surface area contributed by atoms with E-state index in [9.17, 15) is 19.7 Å². The molecule has 0 saturated carbocycles. The van der Waals surface area contributed by atoms with Gasteiger partial charge < -0.3 is 14.5 Å². The minimum Gasteiger partial charge on any atom is -0.476 e. The van der Waals surface area contributed by atoms with Gasteiger partial charge in [0.05, 0.1) is 17.2 Å². The van der Waals surface area contributed by atoms with Crippen molar-refractivity contribution >= 4 is 23.2 Å². The zero-order chi connectivity index (χ0) is 19.7. The number of benzene rings is 2. The van der Waals surface area contributed by atoms with Crippen LogP contribution in [0.15, 0.2) is 42.5 Å². The number of amides is 2. The van der Waals surface area contributed by atoms with E-state index >= 15 is 0 Å². The molecule has 2 aromatic rings. The highest BCUT2D eigenvalue weighted by Crippen LogP contribution is 2.35. The summed E-state index contributed by atoms with van der Waals surface area (Å²) in [5, 5.41) is 11.5. The average molecular weight is 369 g/mol. The van der Waals surface area contributed by atoms with Gasteiger partial charge in [-0.25, -0.2) is 0 Å². The van der Waals surface area contributed by atoms with Crippen molar-refractivity contribution in [3.63, 3.8) is 0 Å². The van der Waals surface area contributed by atoms with Gasteiger partial charge in [-0.3, -0.25) is 19.7 Å². The highest BCUT2D eigenvalue weighted by atomic mass is 16.6. The van der Waals surface area contributed by atoms with Crippen LogP contribution in [0.2, 0.25) is 0 Å². The van der Waals surface area contributed by atoms with Crippen LogP contribution in [0.1, 0.15) is 15.9 Å². The van der Waals surface area contributed by atoms with Crippen LogP contribution in [0, 0.1) is 17.0 Å². The Kier molecular flexibility index (Phi) is 4.81. The fourth-order valence-corrected chi connectivity index (χ4v) is 3.06. The molecule has 27 heavy (non-hydrogen) atoms. The Hall–Kier alpha value is -3.42. The molecular weight excluding hydrogens is 350 g/mol. The molecule has 3 rings (SSSR count). The van der Waals surface area contributed by atoms with Crippen LogP contribution in [-0.4, -0.2) is 48.4 Å². The van der Waals surface area contributed by atoms with Crippen molar-refractivity contribution < 1.29 is 19.2 Å². The first-order valence-electron chi connectivity index (χ1n) is 8.34. The number of hydrogen-bond donors (Lipinski definition) is 0. The Labute approximate surface area is 156 Å². The SMILES string of the molecule is Cc1cccc(C(=O)N2CC(C(=O)N(C)C)Oc3ccccc32)c1[N+](=O)[O-]. The first kappa shape index (κ1) is 18.4. The number of aryl methyl sites for hydroxylation is 1. The first-order valence-corrected chi connectivity index (χ1v) is 8.34. The van der Waals surface area contributed by atoms with E-state index in [0.29, 0.717) is 17.0 Å². The lowest BCUT2D eigenvalue weighted by Gasteiger charge is -2.35. The molecule has 1 aliphatic heterocycles. The Morgan fingerprint density at radius 1 is 1.19 bits per heavy atom. The highest BCUT2D eigenvalue weighted by Gasteiger charge is 2.37. The van der Waals surface area contributed by atoms with E-state index in [1.54, 1.807) is 57.4 Å². The summed E-state index contributed by atoms with van der Waals surface area (Å²) in [4.78, 5) is 39.3. The Morgan fingerprint density at radius 3 is 2.56 bits per heavy atom. The molecule has 0 bridgehead atoms. The molecule has 8 nitrogen and oxygen atoms in total. The number of para-hydroxylation sites is 3. The third-order valence-corrected chi connectivity index (χ3v) is 4.39. The Morgan fingerprint density at radius 2 is 1.89 bits per heavy atom. The third-order valence-electron chi connectivity index (χ3n) is 4.39. The number of ether oxygens (including phenoxy) is 1. The number of hydrogen-bond acceptors (Lipinski definition) is 5. The molecule has 140 valence electrons. The average Bonchev–Trinajstić information content (AvgIpc) is 2.65. The number of nitrogens with zero attached hydrogens (tertiary/aromatic N) is 3. The summed E-state index contributed by atoms with van der Waals surface area (Å²) in [6, 6.07) is 11.4. The predicted molar refractivity (Wildman–Crippen MR) is 99.1 cm³/mol. The van der Waals surface area contributed by atoms with E-state index in [0.717, 1.165) is 0 Å². The van der Waals surface area contributed by atoms with Crippen LogP contribution in [0.3, 0.4) is 0 Å². The summed E-state index contributed by atoms with van der Waals surface area (Å²) in [6.45, 7) is 1.55. The molecule has 2 amide bonds. The normalized spacial score (nSPS) is 15.5. The van der Waals surface area contributed by atoms with E-state index < -0.39 is 16.9 Å². The Bertz CT molecular complexity index is 925. The molecule has 0 aliphatic carbocycles. The number of carbonyl (C=O) groups is 2. The molecule has 0 fully saturated rings. The topological polar surface area (TPSA) is 93.0 Å². The summed E-state index contributed by atoms with van der Waals surface area (Å²) in [7, 11) is 3.20. The van der Waals surface area contributed by atoms with Gasteiger partial charge in [-0.1, -0.05) is 24.3 Å². The largest absolute Gasteiger partial charge is 0.476 e. The smallest absolute Gasteiger partial charge is 0.285 e. The van der Waals surface area contributed by atoms with Gasteiger partial charge >= 0.3 is 0 Å². The predicted octanol–water partition coefficient (Wildman–Crippen LogP) is 2.40. The van der Waals surface area contributed by atoms with Crippen LogP contribution >= 0.6 is 0 Å². The number of fused-ring (bicyclic) bond motifs is 1. The van der Waals surface area contributed by atoms with Gasteiger partial charge in [0.15, 0.2) is 6.10 Å².